The van der Waals surface area contributed by atoms with Crippen molar-refractivity contribution in [1.82, 2.24) is 25.4 Å². The molecule has 314 valence electrons. The first-order valence-corrected chi connectivity index (χ1v) is 22.7. The van der Waals surface area contributed by atoms with E-state index in [0.29, 0.717) is 22.1 Å². The molecule has 16 heteroatoms. The van der Waals surface area contributed by atoms with E-state index in [4.69, 9.17) is 26.9 Å². The fraction of sp³-hybridized carbons (Fsp3) is 0.128. The number of amides is 2. The van der Waals surface area contributed by atoms with Crippen LogP contribution >= 0.6 is 46.0 Å². The number of thiazole rings is 1. The van der Waals surface area contributed by atoms with Crippen LogP contribution in [0.4, 0.5) is 5.13 Å². The number of nitrogens with two attached hydrogens (primary N) is 1. The number of ether oxygens (including phenoxy) is 1. The molecule has 1 saturated heterocycles. The summed E-state index contributed by atoms with van der Waals surface area (Å²) in [6.45, 7) is 0. The van der Waals surface area contributed by atoms with Gasteiger partial charge in [-0.1, -0.05) is 203 Å². The number of rotatable bonds is 14. The normalized spacial score (nSPS) is 16.3. The van der Waals surface area contributed by atoms with Crippen LogP contribution in [0.5, 0.6) is 0 Å². The number of anilines is 1. The van der Waals surface area contributed by atoms with Crippen molar-refractivity contribution >= 4 is 74.7 Å². The van der Waals surface area contributed by atoms with E-state index >= 15 is 0 Å². The molecule has 0 saturated carbocycles. The number of fused-ring (bicyclic) bond motifs is 1. The highest BCUT2D eigenvalue weighted by atomic mass is 35.5. The number of oxime groups is 1. The van der Waals surface area contributed by atoms with Gasteiger partial charge < -0.3 is 20.6 Å². The summed E-state index contributed by atoms with van der Waals surface area (Å²) in [6, 6.07) is 45.7. The Balaban J connectivity index is 1.06. The molecule has 2 amide bonds. The number of esters is 1. The number of nitrogen functional groups attached to an aromatic ring is 1. The first-order valence-electron chi connectivity index (χ1n) is 19.8. The molecule has 4 heterocycles. The third-order valence-corrected chi connectivity index (χ3v) is 13.7. The Labute approximate surface area is 379 Å². The zero-order chi connectivity index (χ0) is 43.3. The summed E-state index contributed by atoms with van der Waals surface area (Å²) in [7, 11) is 0. The highest BCUT2D eigenvalue weighted by Gasteiger charge is 2.54. The number of carbonyl (C=O) groups excluding carboxylic acids is 3. The maximum absolute atomic E-state index is 14.7. The van der Waals surface area contributed by atoms with Crippen molar-refractivity contribution in [3.05, 3.63) is 206 Å². The topological polar surface area (TPSA) is 162 Å². The molecule has 2 aliphatic heterocycles. The maximum atomic E-state index is 14.7. The highest BCUT2D eigenvalue weighted by molar-refractivity contribution is 8.04. The van der Waals surface area contributed by atoms with E-state index in [1.54, 1.807) is 5.51 Å². The van der Waals surface area contributed by atoms with Gasteiger partial charge in [0.2, 0.25) is 5.60 Å². The van der Waals surface area contributed by atoms with Crippen LogP contribution in [-0.2, 0) is 29.6 Å². The molecule has 2 aromatic heterocycles. The predicted octanol–water partition coefficient (Wildman–Crippen LogP) is 8.77. The van der Waals surface area contributed by atoms with Crippen LogP contribution in [0.15, 0.2) is 177 Å². The largest absolute Gasteiger partial charge is 0.448 e. The molecule has 5 aromatic carbocycles. The first kappa shape index (κ1) is 41.7. The molecule has 2 atom stereocenters. The predicted molar refractivity (Wildman–Crippen MR) is 244 cm³/mol. The monoisotopic (exact) mass is 909 g/mol. The van der Waals surface area contributed by atoms with Gasteiger partial charge in [0.05, 0.1) is 6.04 Å². The molecular weight excluding hydrogens is 874 g/mol. The molecule has 0 radical (unpaired) electrons. The molecule has 12 nitrogen and oxygen atoms in total. The van der Waals surface area contributed by atoms with Gasteiger partial charge in [0.15, 0.2) is 21.3 Å². The van der Waals surface area contributed by atoms with Crippen LogP contribution in [0.1, 0.15) is 52.5 Å². The smallest absolute Gasteiger partial charge is 0.356 e. The van der Waals surface area contributed by atoms with Gasteiger partial charge in [-0.2, -0.15) is 0 Å². The first-order chi connectivity index (χ1) is 30.8. The van der Waals surface area contributed by atoms with Crippen molar-refractivity contribution in [2.45, 2.75) is 41.0 Å². The lowest BCUT2D eigenvalue weighted by atomic mass is 9.80. The van der Waals surface area contributed by atoms with Crippen LogP contribution in [-0.4, -0.2) is 55.7 Å². The van der Waals surface area contributed by atoms with Gasteiger partial charge in [-0.25, -0.2) is 9.78 Å². The standard InChI is InChI=1S/C47H36ClN7O5S3/c48-41-37(52-45(49)63-41)38(54-60-47(31-20-10-3-11-21-31,32-22-12-4-13-23-32)33-24-14-5-15-25-33)42(56)51-36-34-26-27-35(62-46-53-50-28-61-46)39(55(34)43(36)57)44(58)59-40(29-16-6-1-7-17-29)30-18-8-2-9-19-30/h1-25,28,34,36,40H,26-27H2,(H2,49,52)(H,51,56)/b54-38+/t34?,36-/m1/s1. The molecule has 2 aliphatic rings. The van der Waals surface area contributed by atoms with Crippen molar-refractivity contribution in [3.8, 4) is 0 Å². The summed E-state index contributed by atoms with van der Waals surface area (Å²) in [5.74, 6) is -1.98. The number of hydrogen-bond donors (Lipinski definition) is 2. The molecule has 0 aliphatic carbocycles. The molecule has 1 fully saturated rings. The summed E-state index contributed by atoms with van der Waals surface area (Å²) < 4.78 is 7.03. The van der Waals surface area contributed by atoms with Crippen molar-refractivity contribution in [2.75, 3.05) is 5.73 Å². The van der Waals surface area contributed by atoms with E-state index in [1.165, 1.54) is 28.0 Å². The van der Waals surface area contributed by atoms with Crippen molar-refractivity contribution in [2.24, 2.45) is 5.16 Å². The average molecular weight is 911 g/mol. The van der Waals surface area contributed by atoms with E-state index in [1.807, 2.05) is 152 Å². The number of nitrogens with one attached hydrogen (secondary N) is 1. The Kier molecular flexibility index (Phi) is 12.2. The number of aromatic nitrogens is 3. The van der Waals surface area contributed by atoms with Crippen molar-refractivity contribution in [3.63, 3.8) is 0 Å². The van der Waals surface area contributed by atoms with E-state index in [9.17, 15) is 14.4 Å². The Morgan fingerprint density at radius 3 is 1.87 bits per heavy atom. The quantitative estimate of drug-likeness (QED) is 0.0355. The Hall–Kier alpha value is -6.65. The number of hydrogen-bond acceptors (Lipinski definition) is 13. The molecule has 0 bridgehead atoms. The second-order valence-electron chi connectivity index (χ2n) is 14.4. The lowest BCUT2D eigenvalue weighted by Gasteiger charge is -2.50. The third kappa shape index (κ3) is 8.35. The Bertz CT molecular complexity index is 2660. The van der Waals surface area contributed by atoms with Crippen molar-refractivity contribution < 1.29 is 24.0 Å². The molecular formula is C47H36ClN7O5S3. The van der Waals surface area contributed by atoms with Gasteiger partial charge in [0.25, 0.3) is 11.8 Å². The average Bonchev–Trinajstić information content (AvgIpc) is 3.97. The van der Waals surface area contributed by atoms with Gasteiger partial charge in [-0.3, -0.25) is 14.5 Å². The van der Waals surface area contributed by atoms with Gasteiger partial charge >= 0.3 is 5.97 Å². The van der Waals surface area contributed by atoms with Gasteiger partial charge in [-0.15, -0.1) is 10.2 Å². The summed E-state index contributed by atoms with van der Waals surface area (Å²) in [4.78, 5) is 56.7. The van der Waals surface area contributed by atoms with Crippen LogP contribution < -0.4 is 11.1 Å². The fourth-order valence-corrected chi connectivity index (χ4v) is 10.5. The van der Waals surface area contributed by atoms with E-state index < -0.39 is 41.6 Å². The van der Waals surface area contributed by atoms with Crippen LogP contribution in [0.25, 0.3) is 0 Å². The summed E-state index contributed by atoms with van der Waals surface area (Å²) >= 11 is 10.2. The van der Waals surface area contributed by atoms with Crippen molar-refractivity contribution in [1.29, 1.82) is 0 Å². The summed E-state index contributed by atoms with van der Waals surface area (Å²) in [5, 5.41) is 15.7. The summed E-state index contributed by atoms with van der Waals surface area (Å²) in [5.41, 5.74) is 9.86. The van der Waals surface area contributed by atoms with E-state index in [2.05, 4.69) is 25.7 Å². The number of allylic oxidation sites excluding steroid dienone is 1. The minimum atomic E-state index is -1.35. The van der Waals surface area contributed by atoms with Crippen LogP contribution in [0, 0.1) is 0 Å². The number of β-lactam (4-membered cyclic amide) rings is 1. The Morgan fingerprint density at radius 2 is 1.38 bits per heavy atom. The van der Waals surface area contributed by atoms with Gasteiger partial charge in [-0.05, 0) is 24.0 Å². The fourth-order valence-electron chi connectivity index (χ4n) is 7.83. The van der Waals surface area contributed by atoms with E-state index in [0.717, 1.165) is 39.2 Å². The van der Waals surface area contributed by atoms with E-state index in [-0.39, 0.29) is 26.6 Å². The zero-order valence-corrected chi connectivity index (χ0v) is 36.3. The minimum absolute atomic E-state index is 0.0141. The van der Waals surface area contributed by atoms with Gasteiger partial charge in [0, 0.05) is 21.6 Å². The van der Waals surface area contributed by atoms with Gasteiger partial charge in [0.1, 0.15) is 27.3 Å². The Morgan fingerprint density at radius 1 is 0.841 bits per heavy atom. The zero-order valence-electron chi connectivity index (χ0n) is 33.1. The SMILES string of the molecule is Nc1nc(/C(=N\OC(c2ccccc2)(c2ccccc2)c2ccccc2)C(=O)N[C@H]2C(=O)N3C(C(=O)OC(c4ccccc4)c4ccccc4)=C(Sc4nncs4)CCC23)c(Cl)s1. The van der Waals surface area contributed by atoms with Crippen LogP contribution in [0.2, 0.25) is 4.34 Å². The minimum Gasteiger partial charge on any atom is -0.448 e. The molecule has 0 spiro atoms. The summed E-state index contributed by atoms with van der Waals surface area (Å²) in [6.07, 6.45) is 0.0432. The molecule has 3 N–H and O–H groups in total. The van der Waals surface area contributed by atoms with Crippen LogP contribution in [0.3, 0.4) is 0 Å². The molecule has 7 aromatic rings. The lowest BCUT2D eigenvalue weighted by Crippen LogP contribution is -2.72. The second kappa shape index (κ2) is 18.4. The second-order valence-corrected chi connectivity index (χ2v) is 18.2. The molecule has 9 rings (SSSR count). The lowest BCUT2D eigenvalue weighted by molar-refractivity contribution is -0.158. The number of carbonyl (C=O) groups is 3. The number of nitrogens with zero attached hydrogens (tertiary/aromatic N) is 5. The molecule has 1 unspecified atom stereocenters. The third-order valence-electron chi connectivity index (χ3n) is 10.7. The number of benzene rings is 5. The molecule has 63 heavy (non-hydrogen) atoms. The number of thioether (sulfide) groups is 1. The highest BCUT2D eigenvalue weighted by Crippen LogP contribution is 2.45. The maximum Gasteiger partial charge on any atom is 0.356 e. The number of halogens is 1.